The number of halogens is 2. The van der Waals surface area contributed by atoms with Crippen molar-refractivity contribution in [2.45, 2.75) is 0 Å². The molecule has 4 nitrogen and oxygen atoms in total. The Labute approximate surface area is 135 Å². The number of nitrogens with zero attached hydrogens (tertiary/aromatic N) is 2. The summed E-state index contributed by atoms with van der Waals surface area (Å²) in [6, 6.07) is 15.5. The Balaban J connectivity index is 1.73. The van der Waals surface area contributed by atoms with E-state index in [9.17, 15) is 8.78 Å². The number of hydrogen-bond donors (Lipinski definition) is 0. The van der Waals surface area contributed by atoms with Gasteiger partial charge < -0.3 is 9.26 Å². The maximum Gasteiger partial charge on any atom is 0.261 e. The van der Waals surface area contributed by atoms with Gasteiger partial charge in [-0.3, -0.25) is 0 Å². The van der Waals surface area contributed by atoms with Gasteiger partial charge in [0.1, 0.15) is 11.5 Å². The summed E-state index contributed by atoms with van der Waals surface area (Å²) in [6.07, 6.45) is 0. The summed E-state index contributed by atoms with van der Waals surface area (Å²) in [5.74, 6) is -0.689. The first-order valence-corrected chi connectivity index (χ1v) is 7.16. The fraction of sp³-hybridized carbons (Fsp3) is 0. The molecule has 0 aliphatic heterocycles. The Hall–Kier alpha value is -3.28. The summed E-state index contributed by atoms with van der Waals surface area (Å²) in [5.41, 5.74) is 0.857. The largest absolute Gasteiger partial charge is 0.436 e. The summed E-state index contributed by atoms with van der Waals surface area (Å²) in [6.45, 7) is 0. The summed E-state index contributed by atoms with van der Waals surface area (Å²) < 4.78 is 38.1. The highest BCUT2D eigenvalue weighted by Gasteiger charge is 2.16. The summed E-state index contributed by atoms with van der Waals surface area (Å²) >= 11 is 0. The molecule has 2 aromatic carbocycles. The number of hydrogen-bond acceptors (Lipinski definition) is 4. The first-order valence-electron chi connectivity index (χ1n) is 7.16. The van der Waals surface area contributed by atoms with Crippen molar-refractivity contribution in [3.8, 4) is 22.9 Å². The predicted molar refractivity (Wildman–Crippen MR) is 83.7 cm³/mol. The Morgan fingerprint density at radius 1 is 0.833 bits per heavy atom. The van der Waals surface area contributed by atoms with Crippen molar-refractivity contribution < 1.29 is 18.0 Å². The van der Waals surface area contributed by atoms with Crippen LogP contribution in [0.1, 0.15) is 0 Å². The van der Waals surface area contributed by atoms with Gasteiger partial charge in [-0.05, 0) is 30.3 Å². The quantitative estimate of drug-likeness (QED) is 0.534. The molecule has 0 aliphatic carbocycles. The van der Waals surface area contributed by atoms with Crippen LogP contribution in [-0.2, 0) is 0 Å². The number of rotatable bonds is 3. The molecule has 0 fully saturated rings. The smallest absolute Gasteiger partial charge is 0.261 e. The minimum Gasteiger partial charge on any atom is -0.436 e. The van der Waals surface area contributed by atoms with E-state index < -0.39 is 11.6 Å². The van der Waals surface area contributed by atoms with Gasteiger partial charge in [0.05, 0.1) is 5.39 Å². The maximum atomic E-state index is 13.9. The topological polar surface area (TPSA) is 48.2 Å². The summed E-state index contributed by atoms with van der Waals surface area (Å²) in [4.78, 5) is 4.15. The lowest BCUT2D eigenvalue weighted by molar-refractivity contribution is 0.416. The molecule has 0 spiro atoms. The van der Waals surface area contributed by atoms with Gasteiger partial charge in [-0.1, -0.05) is 29.4 Å². The predicted octanol–water partition coefficient (Wildman–Crippen LogP) is 4.96. The zero-order chi connectivity index (χ0) is 16.5. The highest BCUT2D eigenvalue weighted by Crippen LogP contribution is 2.31. The molecule has 0 amide bonds. The van der Waals surface area contributed by atoms with Gasteiger partial charge in [0.2, 0.25) is 5.88 Å². The normalized spacial score (nSPS) is 10.9. The molecular weight excluding hydrogens is 314 g/mol. The van der Waals surface area contributed by atoms with E-state index >= 15 is 0 Å². The first kappa shape index (κ1) is 14.3. The second kappa shape index (κ2) is 5.73. The second-order valence-electron chi connectivity index (χ2n) is 5.05. The average Bonchev–Trinajstić information content (AvgIpc) is 3.00. The van der Waals surface area contributed by atoms with Gasteiger partial charge in [-0.2, -0.15) is 4.98 Å². The minimum atomic E-state index is -0.496. The van der Waals surface area contributed by atoms with E-state index in [1.165, 1.54) is 18.2 Å². The fourth-order valence-electron chi connectivity index (χ4n) is 2.36. The lowest BCUT2D eigenvalue weighted by atomic mass is 10.1. The van der Waals surface area contributed by atoms with E-state index in [4.69, 9.17) is 9.26 Å². The van der Waals surface area contributed by atoms with Gasteiger partial charge in [-0.25, -0.2) is 8.78 Å². The Morgan fingerprint density at radius 2 is 1.58 bits per heavy atom. The number of benzene rings is 2. The van der Waals surface area contributed by atoms with Crippen LogP contribution in [0.3, 0.4) is 0 Å². The van der Waals surface area contributed by atoms with Crippen LogP contribution in [0.4, 0.5) is 8.78 Å². The third kappa shape index (κ3) is 2.48. The van der Waals surface area contributed by atoms with Crippen molar-refractivity contribution in [3.05, 3.63) is 72.3 Å². The van der Waals surface area contributed by atoms with Crippen LogP contribution >= 0.6 is 0 Å². The minimum absolute atomic E-state index is 0.0539. The highest BCUT2D eigenvalue weighted by molar-refractivity contribution is 5.89. The molecule has 6 heteroatoms. The first-order chi connectivity index (χ1) is 11.7. The molecule has 2 heterocycles. The van der Waals surface area contributed by atoms with Crippen LogP contribution in [0.5, 0.6) is 11.6 Å². The molecule has 0 saturated carbocycles. The Morgan fingerprint density at radius 3 is 2.38 bits per heavy atom. The molecule has 24 heavy (non-hydrogen) atoms. The molecule has 0 N–H and O–H groups in total. The lowest BCUT2D eigenvalue weighted by Crippen LogP contribution is -1.90. The zero-order valence-electron chi connectivity index (χ0n) is 12.2. The third-order valence-electron chi connectivity index (χ3n) is 3.49. The summed E-state index contributed by atoms with van der Waals surface area (Å²) in [7, 11) is 0. The van der Waals surface area contributed by atoms with Crippen molar-refractivity contribution >= 4 is 11.1 Å². The van der Waals surface area contributed by atoms with Crippen molar-refractivity contribution in [1.82, 2.24) is 10.1 Å². The third-order valence-corrected chi connectivity index (χ3v) is 3.49. The van der Waals surface area contributed by atoms with Gasteiger partial charge >= 0.3 is 0 Å². The van der Waals surface area contributed by atoms with Gasteiger partial charge in [-0.15, -0.1) is 0 Å². The number of para-hydroxylation sites is 1. The zero-order valence-corrected chi connectivity index (χ0v) is 12.2. The van der Waals surface area contributed by atoms with Gasteiger partial charge in [0, 0.05) is 11.6 Å². The monoisotopic (exact) mass is 324 g/mol. The molecule has 0 unspecified atom stereocenters. The second-order valence-corrected chi connectivity index (χ2v) is 5.05. The van der Waals surface area contributed by atoms with Crippen molar-refractivity contribution in [3.63, 3.8) is 0 Å². The van der Waals surface area contributed by atoms with Crippen molar-refractivity contribution in [2.24, 2.45) is 0 Å². The molecule has 4 rings (SSSR count). The number of fused-ring (bicyclic) bond motifs is 1. The average molecular weight is 324 g/mol. The molecule has 0 saturated heterocycles. The molecule has 118 valence electrons. The van der Waals surface area contributed by atoms with E-state index in [0.717, 1.165) is 0 Å². The van der Waals surface area contributed by atoms with E-state index in [1.54, 1.807) is 42.5 Å². The molecule has 0 bridgehead atoms. The molecule has 2 aromatic heterocycles. The van der Waals surface area contributed by atoms with Crippen LogP contribution < -0.4 is 4.74 Å². The van der Waals surface area contributed by atoms with Crippen LogP contribution in [0, 0.1) is 11.6 Å². The Kier molecular flexibility index (Phi) is 3.42. The maximum absolute atomic E-state index is 13.9. The Bertz CT molecular complexity index is 1030. The number of pyridine rings is 1. The number of ether oxygens (including phenoxy) is 1. The van der Waals surface area contributed by atoms with Crippen molar-refractivity contribution in [2.75, 3.05) is 0 Å². The molecule has 4 aromatic rings. The van der Waals surface area contributed by atoms with Crippen molar-refractivity contribution in [1.29, 1.82) is 0 Å². The van der Waals surface area contributed by atoms with E-state index in [1.807, 2.05) is 0 Å². The van der Waals surface area contributed by atoms with E-state index in [2.05, 4.69) is 10.1 Å². The van der Waals surface area contributed by atoms with Gasteiger partial charge in [0.15, 0.2) is 11.6 Å². The van der Waals surface area contributed by atoms with Crippen LogP contribution in [-0.4, -0.2) is 10.1 Å². The highest BCUT2D eigenvalue weighted by atomic mass is 19.1. The number of aromatic nitrogens is 2. The van der Waals surface area contributed by atoms with Gasteiger partial charge in [0.25, 0.3) is 5.71 Å². The van der Waals surface area contributed by atoms with E-state index in [-0.39, 0.29) is 17.3 Å². The van der Waals surface area contributed by atoms with Crippen LogP contribution in [0.15, 0.2) is 65.2 Å². The fourth-order valence-corrected chi connectivity index (χ4v) is 2.36. The van der Waals surface area contributed by atoms with E-state index in [0.29, 0.717) is 16.6 Å². The standard InChI is InChI=1S/C18H10F2N2O2/c19-13-6-2-1-5-11(13)17-12-9-10-16(21-18(12)24-22-17)23-15-8-4-3-7-14(15)20/h1-10H. The molecule has 0 atom stereocenters. The molecule has 0 radical (unpaired) electrons. The lowest BCUT2D eigenvalue weighted by Gasteiger charge is -2.04. The van der Waals surface area contributed by atoms with Crippen LogP contribution in [0.25, 0.3) is 22.4 Å². The van der Waals surface area contributed by atoms with Crippen LogP contribution in [0.2, 0.25) is 0 Å². The SMILES string of the molecule is Fc1ccccc1Oc1ccc2c(-c3ccccc3F)noc2n1. The summed E-state index contributed by atoms with van der Waals surface area (Å²) in [5, 5.41) is 4.43. The molecule has 0 aliphatic rings. The molecular formula is C18H10F2N2O2.